The van der Waals surface area contributed by atoms with Crippen molar-refractivity contribution in [2.45, 2.75) is 0 Å². The Kier molecular flexibility index (Phi) is 5.10. The first-order valence-corrected chi connectivity index (χ1v) is 4.74. The molecule has 1 aliphatic heterocycles. The third-order valence-electron chi connectivity index (χ3n) is 0.272. The van der Waals surface area contributed by atoms with E-state index in [2.05, 4.69) is 5.04 Å². The van der Waals surface area contributed by atoms with Crippen LogP contribution in [-0.4, -0.2) is 41.3 Å². The van der Waals surface area contributed by atoms with E-state index in [4.69, 9.17) is 0 Å². The summed E-state index contributed by atoms with van der Waals surface area (Å²) in [4.78, 5) is 0. The molecule has 0 saturated carbocycles. The van der Waals surface area contributed by atoms with Gasteiger partial charge in [0.25, 0.3) is 0 Å². The van der Waals surface area contributed by atoms with Crippen LogP contribution in [0.3, 0.4) is 0 Å². The van der Waals surface area contributed by atoms with Crippen LogP contribution < -0.4 is 0 Å². The zero-order valence-corrected chi connectivity index (χ0v) is 7.21. The monoisotopic (exact) mass is 252 g/mol. The summed E-state index contributed by atoms with van der Waals surface area (Å²) in [5.41, 5.74) is 0. The van der Waals surface area contributed by atoms with Crippen molar-refractivity contribution in [2.24, 2.45) is 0 Å². The van der Waals surface area contributed by atoms with Gasteiger partial charge in [-0.15, -0.1) is 0 Å². The van der Waals surface area contributed by atoms with E-state index in [0.717, 1.165) is 0 Å². The first kappa shape index (κ1) is 11.4. The summed E-state index contributed by atoms with van der Waals surface area (Å²) in [6, 6.07) is 0. The Morgan fingerprint density at radius 1 is 1.12 bits per heavy atom. The van der Waals surface area contributed by atoms with Crippen molar-refractivity contribution >= 4 is 32.4 Å². The molecule has 0 aromatic rings. The van der Waals surface area contributed by atoms with E-state index in [-0.39, 0.29) is 11.0 Å². The SMILES string of the molecule is O.O.O=S1(=O)[O][Sn][O]1. The first-order chi connectivity index (χ1) is 2.71. The summed E-state index contributed by atoms with van der Waals surface area (Å²) in [6.07, 6.45) is 0. The van der Waals surface area contributed by atoms with Gasteiger partial charge in [0.1, 0.15) is 0 Å². The van der Waals surface area contributed by atoms with Crippen molar-refractivity contribution in [2.75, 3.05) is 0 Å². The molecule has 1 saturated heterocycles. The summed E-state index contributed by atoms with van der Waals surface area (Å²) in [5, 5.41) is 0. The Bertz CT molecular complexity index is 123. The molecular formula is H4O6SSn. The van der Waals surface area contributed by atoms with E-state index in [0.29, 0.717) is 0 Å². The van der Waals surface area contributed by atoms with Gasteiger partial charge >= 0.3 is 45.8 Å². The van der Waals surface area contributed by atoms with Crippen LogP contribution >= 0.6 is 0 Å². The van der Waals surface area contributed by atoms with Crippen LogP contribution in [0.4, 0.5) is 0 Å². The summed E-state index contributed by atoms with van der Waals surface area (Å²) in [5.74, 6) is 0. The molecule has 50 valence electrons. The second-order valence-corrected chi connectivity index (χ2v) is 5.14. The van der Waals surface area contributed by atoms with Gasteiger partial charge in [-0.2, -0.15) is 0 Å². The predicted octanol–water partition coefficient (Wildman–Crippen LogP) is -2.84. The Morgan fingerprint density at radius 3 is 1.38 bits per heavy atom. The summed E-state index contributed by atoms with van der Waals surface area (Å²) in [6.45, 7) is 0. The third kappa shape index (κ3) is 2.79. The molecule has 1 heterocycles. The molecule has 2 radical (unpaired) electrons. The van der Waals surface area contributed by atoms with E-state index in [9.17, 15) is 8.42 Å². The van der Waals surface area contributed by atoms with Gasteiger partial charge in [-0.25, -0.2) is 0 Å². The van der Waals surface area contributed by atoms with Gasteiger partial charge in [-0.05, 0) is 0 Å². The van der Waals surface area contributed by atoms with Crippen LogP contribution in [0.1, 0.15) is 0 Å². The molecule has 0 atom stereocenters. The molecule has 0 amide bonds. The first-order valence-electron chi connectivity index (χ1n) is 1.07. The molecule has 0 unspecified atom stereocenters. The number of rotatable bonds is 0. The summed E-state index contributed by atoms with van der Waals surface area (Å²) < 4.78 is 27.4. The van der Waals surface area contributed by atoms with E-state index in [1.807, 2.05) is 0 Å². The Labute approximate surface area is 57.0 Å². The summed E-state index contributed by atoms with van der Waals surface area (Å²) >= 11 is -1.30. The Morgan fingerprint density at radius 2 is 1.38 bits per heavy atom. The second kappa shape index (κ2) is 3.58. The molecule has 4 N–H and O–H groups in total. The maximum absolute atomic E-state index is 9.68. The fourth-order valence-electron chi connectivity index (χ4n) is 0.0896. The minimum absolute atomic E-state index is 0. The molecule has 8 heteroatoms. The molecule has 0 bridgehead atoms. The average molecular weight is 251 g/mol. The van der Waals surface area contributed by atoms with Crippen molar-refractivity contribution in [3.63, 3.8) is 0 Å². The molecule has 6 nitrogen and oxygen atoms in total. The normalized spacial score (nSPS) is 21.5. The van der Waals surface area contributed by atoms with Gasteiger partial charge in [-0.3, -0.25) is 0 Å². The number of hydrogen-bond acceptors (Lipinski definition) is 4. The van der Waals surface area contributed by atoms with E-state index in [1.54, 1.807) is 0 Å². The van der Waals surface area contributed by atoms with Crippen LogP contribution in [0.2, 0.25) is 0 Å². The predicted molar refractivity (Wildman–Crippen MR) is 24.1 cm³/mol. The summed E-state index contributed by atoms with van der Waals surface area (Å²) in [7, 11) is -3.41. The Hall–Kier alpha value is 0.589. The van der Waals surface area contributed by atoms with Gasteiger partial charge in [0, 0.05) is 0 Å². The van der Waals surface area contributed by atoms with Gasteiger partial charge in [0.15, 0.2) is 0 Å². The van der Waals surface area contributed by atoms with Crippen LogP contribution in [-0.2, 0) is 15.4 Å². The molecule has 1 fully saturated rings. The third-order valence-corrected chi connectivity index (χ3v) is 5.48. The molecule has 0 aromatic carbocycles. The second-order valence-electron chi connectivity index (χ2n) is 0.658. The minimum atomic E-state index is -3.41. The van der Waals surface area contributed by atoms with E-state index >= 15 is 0 Å². The van der Waals surface area contributed by atoms with Gasteiger partial charge in [0.05, 0.1) is 0 Å². The van der Waals surface area contributed by atoms with E-state index in [1.165, 1.54) is 0 Å². The van der Waals surface area contributed by atoms with Crippen molar-refractivity contribution in [1.82, 2.24) is 0 Å². The zero-order chi connectivity index (χ0) is 4.62. The standard InChI is InChI=1S/H2O4S.2H2O.Sn/c1-5(2,3)4;;;/h(H2,1,2,3,4);2*1H2;/q;;;+2/p-2. The van der Waals surface area contributed by atoms with Crippen molar-refractivity contribution in [1.29, 1.82) is 0 Å². The van der Waals surface area contributed by atoms with Gasteiger partial charge < -0.3 is 11.0 Å². The molecule has 0 aromatic heterocycles. The van der Waals surface area contributed by atoms with Crippen LogP contribution in [0.5, 0.6) is 0 Å². The topological polar surface area (TPSA) is 116 Å². The van der Waals surface area contributed by atoms with Crippen LogP contribution in [0, 0.1) is 0 Å². The van der Waals surface area contributed by atoms with E-state index < -0.39 is 32.4 Å². The molecule has 1 rings (SSSR count). The molecule has 1 aliphatic rings. The number of hydrogen-bond donors (Lipinski definition) is 0. The molecule has 0 spiro atoms. The molecule has 0 aliphatic carbocycles. The quantitative estimate of drug-likeness (QED) is 0.431. The van der Waals surface area contributed by atoms with Gasteiger partial charge in [0.2, 0.25) is 0 Å². The van der Waals surface area contributed by atoms with Crippen LogP contribution in [0.25, 0.3) is 0 Å². The Balaban J connectivity index is 0. The van der Waals surface area contributed by atoms with Crippen molar-refractivity contribution in [3.8, 4) is 0 Å². The zero-order valence-electron chi connectivity index (χ0n) is 3.54. The van der Waals surface area contributed by atoms with Crippen LogP contribution in [0.15, 0.2) is 0 Å². The molecular weight excluding hydrogens is 247 g/mol. The average Bonchev–Trinajstić information content (AvgIpc) is 1.32. The van der Waals surface area contributed by atoms with Gasteiger partial charge in [-0.1, -0.05) is 0 Å². The fraction of sp³-hybridized carbons (Fsp3) is 0. The fourth-order valence-corrected chi connectivity index (χ4v) is 1.80. The van der Waals surface area contributed by atoms with Crippen molar-refractivity contribution in [3.05, 3.63) is 0 Å². The maximum atomic E-state index is 9.68. The molecule has 8 heavy (non-hydrogen) atoms. The van der Waals surface area contributed by atoms with Crippen molar-refractivity contribution < 1.29 is 24.4 Å².